The smallest absolute Gasteiger partial charge is 0.344 e. The van der Waals surface area contributed by atoms with Gasteiger partial charge in [-0.1, -0.05) is 0 Å². The van der Waals surface area contributed by atoms with Gasteiger partial charge in [-0.05, 0) is 62.4 Å². The fourth-order valence-electron chi connectivity index (χ4n) is 2.16. The molecular weight excluding hydrogens is 386 g/mol. The molecule has 2 aromatic carbocycles. The number of carbonyl (C=O) groups excluding carboxylic acids is 2. The van der Waals surface area contributed by atoms with Crippen molar-refractivity contribution in [1.29, 1.82) is 0 Å². The fourth-order valence-corrected chi connectivity index (χ4v) is 3.22. The number of carbonyl (C=O) groups is 2. The second-order valence-electron chi connectivity index (χ2n) is 5.47. The van der Waals surface area contributed by atoms with Crippen LogP contribution in [0.2, 0.25) is 0 Å². The van der Waals surface area contributed by atoms with Gasteiger partial charge in [0.1, 0.15) is 5.75 Å². The van der Waals surface area contributed by atoms with Crippen LogP contribution in [0.3, 0.4) is 0 Å². The van der Waals surface area contributed by atoms with Gasteiger partial charge in [0.15, 0.2) is 6.61 Å². The minimum Gasteiger partial charge on any atom is -0.482 e. The van der Waals surface area contributed by atoms with Gasteiger partial charge < -0.3 is 14.2 Å². The molecule has 0 aliphatic carbocycles. The quantitative estimate of drug-likeness (QED) is 0.637. The lowest BCUT2D eigenvalue weighted by Gasteiger charge is -2.10. The van der Waals surface area contributed by atoms with Crippen LogP contribution in [-0.2, 0) is 24.3 Å². The Morgan fingerprint density at radius 1 is 0.893 bits per heavy atom. The van der Waals surface area contributed by atoms with Crippen LogP contribution in [-0.4, -0.2) is 40.2 Å². The normalized spacial score (nSPS) is 10.8. The summed E-state index contributed by atoms with van der Waals surface area (Å²) in [5.74, 6) is -0.645. The number of hydrogen-bond acceptors (Lipinski definition) is 7. The van der Waals surface area contributed by atoms with Crippen LogP contribution < -0.4 is 9.46 Å². The molecule has 0 aliphatic rings. The first-order valence-corrected chi connectivity index (χ1v) is 10.0. The van der Waals surface area contributed by atoms with Crippen molar-refractivity contribution in [3.8, 4) is 5.75 Å². The van der Waals surface area contributed by atoms with E-state index in [4.69, 9.17) is 14.2 Å². The zero-order valence-corrected chi connectivity index (χ0v) is 16.3. The van der Waals surface area contributed by atoms with Crippen molar-refractivity contribution in [3.05, 3.63) is 54.1 Å². The SMILES string of the molecule is CCOC(=O)COc1ccc(S(=O)(=O)Nc2ccc(C(=O)OCC)cc2)cc1. The summed E-state index contributed by atoms with van der Waals surface area (Å²) in [6, 6.07) is 11.5. The van der Waals surface area contributed by atoms with Gasteiger partial charge >= 0.3 is 11.9 Å². The van der Waals surface area contributed by atoms with Crippen LogP contribution in [0.1, 0.15) is 24.2 Å². The summed E-state index contributed by atoms with van der Waals surface area (Å²) in [6.45, 7) is 3.64. The highest BCUT2D eigenvalue weighted by Gasteiger charge is 2.15. The maximum absolute atomic E-state index is 12.5. The van der Waals surface area contributed by atoms with Crippen LogP contribution in [0.15, 0.2) is 53.4 Å². The molecule has 0 bridgehead atoms. The van der Waals surface area contributed by atoms with Gasteiger partial charge in [0.25, 0.3) is 10.0 Å². The molecule has 8 nitrogen and oxygen atoms in total. The molecule has 0 unspecified atom stereocenters. The van der Waals surface area contributed by atoms with Crippen LogP contribution in [0.25, 0.3) is 0 Å². The molecule has 0 atom stereocenters. The van der Waals surface area contributed by atoms with E-state index >= 15 is 0 Å². The van der Waals surface area contributed by atoms with E-state index in [1.165, 1.54) is 48.5 Å². The molecule has 2 aromatic rings. The molecule has 150 valence electrons. The molecule has 0 spiro atoms. The average molecular weight is 407 g/mol. The van der Waals surface area contributed by atoms with Crippen LogP contribution in [0.5, 0.6) is 5.75 Å². The Kier molecular flexibility index (Phi) is 7.39. The highest BCUT2D eigenvalue weighted by molar-refractivity contribution is 7.92. The topological polar surface area (TPSA) is 108 Å². The van der Waals surface area contributed by atoms with E-state index in [1.54, 1.807) is 13.8 Å². The second kappa shape index (κ2) is 9.75. The zero-order valence-electron chi connectivity index (χ0n) is 15.5. The highest BCUT2D eigenvalue weighted by atomic mass is 32.2. The molecule has 0 heterocycles. The number of ether oxygens (including phenoxy) is 3. The number of sulfonamides is 1. The predicted molar refractivity (Wildman–Crippen MR) is 102 cm³/mol. The molecule has 2 rings (SSSR count). The van der Waals surface area contributed by atoms with Gasteiger partial charge in [0, 0.05) is 5.69 Å². The zero-order chi connectivity index (χ0) is 20.6. The predicted octanol–water partition coefficient (Wildman–Crippen LogP) is 2.61. The van der Waals surface area contributed by atoms with Crippen molar-refractivity contribution in [2.75, 3.05) is 24.5 Å². The van der Waals surface area contributed by atoms with Crippen LogP contribution >= 0.6 is 0 Å². The summed E-state index contributed by atoms with van der Waals surface area (Å²) in [5.41, 5.74) is 0.628. The van der Waals surface area contributed by atoms with Crippen LogP contribution in [0.4, 0.5) is 5.69 Å². The third-order valence-corrected chi connectivity index (χ3v) is 4.84. The van der Waals surface area contributed by atoms with Crippen LogP contribution in [0, 0.1) is 0 Å². The van der Waals surface area contributed by atoms with Gasteiger partial charge in [-0.3, -0.25) is 4.72 Å². The van der Waals surface area contributed by atoms with Gasteiger partial charge in [-0.2, -0.15) is 0 Å². The van der Waals surface area contributed by atoms with E-state index in [9.17, 15) is 18.0 Å². The molecule has 0 saturated carbocycles. The van der Waals surface area contributed by atoms with Crippen molar-refractivity contribution in [1.82, 2.24) is 0 Å². The largest absolute Gasteiger partial charge is 0.482 e. The Hall–Kier alpha value is -3.07. The maximum Gasteiger partial charge on any atom is 0.344 e. The van der Waals surface area contributed by atoms with E-state index in [1.807, 2.05) is 0 Å². The van der Waals surface area contributed by atoms with Gasteiger partial charge in [-0.25, -0.2) is 18.0 Å². The summed E-state index contributed by atoms with van der Waals surface area (Å²) in [6.07, 6.45) is 0. The third-order valence-electron chi connectivity index (χ3n) is 3.44. The van der Waals surface area contributed by atoms with Crippen molar-refractivity contribution in [3.63, 3.8) is 0 Å². The summed E-state index contributed by atoms with van der Waals surface area (Å²) in [5, 5.41) is 0. The number of rotatable bonds is 9. The number of nitrogens with one attached hydrogen (secondary N) is 1. The molecule has 0 fully saturated rings. The third kappa shape index (κ3) is 5.98. The lowest BCUT2D eigenvalue weighted by molar-refractivity contribution is -0.145. The molecule has 9 heteroatoms. The first-order chi connectivity index (χ1) is 13.4. The lowest BCUT2D eigenvalue weighted by Crippen LogP contribution is -2.15. The number of anilines is 1. The Bertz CT molecular complexity index is 906. The molecule has 0 aromatic heterocycles. The standard InChI is InChI=1S/C19H21NO7S/c1-3-25-18(21)13-27-16-9-11-17(12-10-16)28(23,24)20-15-7-5-14(6-8-15)19(22)26-4-2/h5-12,20H,3-4,13H2,1-2H3. The van der Waals surface area contributed by atoms with Gasteiger partial charge in [-0.15, -0.1) is 0 Å². The summed E-state index contributed by atoms with van der Waals surface area (Å²) < 4.78 is 42.2. The Labute approximate surface area is 163 Å². The van der Waals surface area contributed by atoms with E-state index in [0.29, 0.717) is 17.0 Å². The van der Waals surface area contributed by atoms with Crippen molar-refractivity contribution < 1.29 is 32.2 Å². The summed E-state index contributed by atoms with van der Waals surface area (Å²) in [7, 11) is -3.83. The highest BCUT2D eigenvalue weighted by Crippen LogP contribution is 2.20. The molecule has 28 heavy (non-hydrogen) atoms. The molecular formula is C19H21NO7S. The van der Waals surface area contributed by atoms with Crippen molar-refractivity contribution in [2.45, 2.75) is 18.7 Å². The average Bonchev–Trinajstić information content (AvgIpc) is 2.67. The van der Waals surface area contributed by atoms with Crippen molar-refractivity contribution in [2.24, 2.45) is 0 Å². The fraction of sp³-hybridized carbons (Fsp3) is 0.263. The van der Waals surface area contributed by atoms with E-state index < -0.39 is 22.0 Å². The summed E-state index contributed by atoms with van der Waals surface area (Å²) in [4.78, 5) is 22.9. The summed E-state index contributed by atoms with van der Waals surface area (Å²) >= 11 is 0. The lowest BCUT2D eigenvalue weighted by atomic mass is 10.2. The van der Waals surface area contributed by atoms with E-state index in [2.05, 4.69) is 4.72 Å². The Morgan fingerprint density at radius 3 is 2.07 bits per heavy atom. The van der Waals surface area contributed by atoms with E-state index in [0.717, 1.165) is 0 Å². The molecule has 0 radical (unpaired) electrons. The number of hydrogen-bond donors (Lipinski definition) is 1. The van der Waals surface area contributed by atoms with E-state index in [-0.39, 0.29) is 24.7 Å². The Balaban J connectivity index is 2.02. The second-order valence-corrected chi connectivity index (χ2v) is 7.15. The Morgan fingerprint density at radius 2 is 1.50 bits per heavy atom. The van der Waals surface area contributed by atoms with Gasteiger partial charge in [0.2, 0.25) is 0 Å². The molecule has 1 N–H and O–H groups in total. The number of benzene rings is 2. The number of esters is 2. The van der Waals surface area contributed by atoms with Crippen molar-refractivity contribution >= 4 is 27.6 Å². The first-order valence-electron chi connectivity index (χ1n) is 8.54. The minimum absolute atomic E-state index is 0.0189. The minimum atomic E-state index is -3.83. The molecule has 0 amide bonds. The monoisotopic (exact) mass is 407 g/mol. The van der Waals surface area contributed by atoms with Gasteiger partial charge in [0.05, 0.1) is 23.7 Å². The molecule has 0 saturated heterocycles. The first kappa shape index (κ1) is 21.2. The molecule has 0 aliphatic heterocycles. The maximum atomic E-state index is 12.5.